The van der Waals surface area contributed by atoms with Crippen LogP contribution in [0.2, 0.25) is 0 Å². The summed E-state index contributed by atoms with van der Waals surface area (Å²) in [7, 11) is 1.45. The molecule has 9 nitrogen and oxygen atoms in total. The number of amides is 3. The lowest BCUT2D eigenvalue weighted by molar-refractivity contribution is -0.123. The van der Waals surface area contributed by atoms with Gasteiger partial charge in [-0.15, -0.1) is 0 Å². The van der Waals surface area contributed by atoms with Crippen LogP contribution in [0, 0.1) is 5.92 Å². The highest BCUT2D eigenvalue weighted by atomic mass is 16.5. The third kappa shape index (κ3) is 5.26. The smallest absolute Gasteiger partial charge is 0.254 e. The highest BCUT2D eigenvalue weighted by Crippen LogP contribution is 2.28. The molecule has 9 heteroatoms. The summed E-state index contributed by atoms with van der Waals surface area (Å²) in [5.74, 6) is -1.28. The largest absolute Gasteiger partial charge is 0.375 e. The third-order valence-corrected chi connectivity index (χ3v) is 6.10. The van der Waals surface area contributed by atoms with Crippen LogP contribution in [0.4, 0.5) is 5.69 Å². The number of carbonyl (C=O) groups excluding carboxylic acids is 3. The average Bonchev–Trinajstić information content (AvgIpc) is 3.26. The molecule has 1 aromatic heterocycles. The molecule has 1 atom stereocenters. The number of hydrogen-bond donors (Lipinski definition) is 2. The first-order valence-electron chi connectivity index (χ1n) is 11.4. The first-order chi connectivity index (χ1) is 16.5. The minimum atomic E-state index is -0.391. The maximum absolute atomic E-state index is 13.3. The lowest BCUT2D eigenvalue weighted by Crippen LogP contribution is -2.44. The number of ether oxygens (including phenoxy) is 1. The van der Waals surface area contributed by atoms with Crippen molar-refractivity contribution >= 4 is 34.4 Å². The number of methoxy groups -OCH3 is 1. The molecule has 178 valence electrons. The summed E-state index contributed by atoms with van der Waals surface area (Å²) in [6.45, 7) is 1.40. The van der Waals surface area contributed by atoms with Crippen molar-refractivity contribution in [2.24, 2.45) is 11.7 Å². The van der Waals surface area contributed by atoms with E-state index >= 15 is 0 Å². The topological polar surface area (TPSA) is 120 Å². The Morgan fingerprint density at radius 2 is 2.00 bits per heavy atom. The fourth-order valence-corrected chi connectivity index (χ4v) is 4.39. The fourth-order valence-electron chi connectivity index (χ4n) is 4.39. The number of aryl methyl sites for hydroxylation is 2. The molecule has 0 bridgehead atoms. The van der Waals surface area contributed by atoms with Gasteiger partial charge in [0.15, 0.2) is 0 Å². The second-order valence-corrected chi connectivity index (χ2v) is 8.54. The number of nitrogens with one attached hydrogen (secondary N) is 1. The summed E-state index contributed by atoms with van der Waals surface area (Å²) in [6.07, 6.45) is 3.91. The Balaban J connectivity index is 1.65. The molecule has 3 amide bonds. The Kier molecular flexibility index (Phi) is 7.22. The van der Waals surface area contributed by atoms with Crippen LogP contribution < -0.4 is 11.1 Å². The Hall–Kier alpha value is -3.72. The number of nitrogens with two attached hydrogens (primary N) is 1. The minimum Gasteiger partial charge on any atom is -0.375 e. The van der Waals surface area contributed by atoms with Crippen LogP contribution >= 0.6 is 0 Å². The summed E-state index contributed by atoms with van der Waals surface area (Å²) >= 11 is 0. The Morgan fingerprint density at radius 1 is 1.21 bits per heavy atom. The van der Waals surface area contributed by atoms with E-state index in [9.17, 15) is 14.4 Å². The van der Waals surface area contributed by atoms with Gasteiger partial charge in [-0.3, -0.25) is 14.4 Å². The van der Waals surface area contributed by atoms with E-state index in [-0.39, 0.29) is 24.3 Å². The monoisotopic (exact) mass is 463 g/mol. The Labute approximate surface area is 197 Å². The predicted octanol–water partition coefficient (Wildman–Crippen LogP) is 2.20. The van der Waals surface area contributed by atoms with E-state index in [1.54, 1.807) is 23.4 Å². The number of piperidine rings is 1. The van der Waals surface area contributed by atoms with Gasteiger partial charge in [-0.1, -0.05) is 30.3 Å². The molecule has 2 aromatic carbocycles. The lowest BCUT2D eigenvalue weighted by atomic mass is 9.96. The van der Waals surface area contributed by atoms with Gasteiger partial charge in [-0.25, -0.2) is 4.98 Å². The van der Waals surface area contributed by atoms with Crippen molar-refractivity contribution < 1.29 is 19.1 Å². The number of fused-ring (bicyclic) bond motifs is 1. The number of primary amides is 1. The molecule has 1 aliphatic rings. The van der Waals surface area contributed by atoms with Crippen molar-refractivity contribution in [3.05, 3.63) is 59.9 Å². The molecule has 1 saturated heterocycles. The summed E-state index contributed by atoms with van der Waals surface area (Å²) in [6, 6.07) is 13.5. The second-order valence-electron chi connectivity index (χ2n) is 8.54. The average molecular weight is 464 g/mol. The van der Waals surface area contributed by atoms with Crippen LogP contribution in [-0.2, 0) is 27.3 Å². The number of aromatic nitrogens is 2. The summed E-state index contributed by atoms with van der Waals surface area (Å²) in [5.41, 5.74) is 8.91. The van der Waals surface area contributed by atoms with Crippen molar-refractivity contribution in [2.45, 2.75) is 25.8 Å². The number of nitrogens with zero attached hydrogens (tertiary/aromatic N) is 3. The molecule has 0 radical (unpaired) electrons. The van der Waals surface area contributed by atoms with E-state index in [1.165, 1.54) is 12.7 Å². The summed E-state index contributed by atoms with van der Waals surface area (Å²) in [5, 5.41) is 2.87. The van der Waals surface area contributed by atoms with Gasteiger partial charge in [0.2, 0.25) is 11.8 Å². The maximum Gasteiger partial charge on any atom is 0.254 e. The molecule has 2 heterocycles. The number of hydrogen-bond acceptors (Lipinski definition) is 5. The van der Waals surface area contributed by atoms with Crippen molar-refractivity contribution in [3.8, 4) is 0 Å². The highest BCUT2D eigenvalue weighted by Gasteiger charge is 2.28. The van der Waals surface area contributed by atoms with Crippen molar-refractivity contribution in [1.82, 2.24) is 14.5 Å². The highest BCUT2D eigenvalue weighted by molar-refractivity contribution is 6.05. The number of carbonyl (C=O) groups is 3. The molecule has 34 heavy (non-hydrogen) atoms. The van der Waals surface area contributed by atoms with Crippen LogP contribution in [0.15, 0.2) is 48.8 Å². The minimum absolute atomic E-state index is 0.107. The molecule has 4 rings (SSSR count). The molecule has 1 fully saturated rings. The van der Waals surface area contributed by atoms with Crippen molar-refractivity contribution in [2.75, 3.05) is 32.1 Å². The normalized spacial score (nSPS) is 15.9. The number of likely N-dealkylation sites (tertiary alicyclic amines) is 1. The van der Waals surface area contributed by atoms with E-state index in [1.807, 2.05) is 22.8 Å². The van der Waals surface area contributed by atoms with Crippen LogP contribution in [0.1, 0.15) is 28.8 Å². The Bertz CT molecular complexity index is 1190. The molecule has 0 unspecified atom stereocenters. The van der Waals surface area contributed by atoms with Gasteiger partial charge in [0, 0.05) is 32.3 Å². The van der Waals surface area contributed by atoms with E-state index in [0.29, 0.717) is 49.2 Å². The van der Waals surface area contributed by atoms with Gasteiger partial charge in [0.25, 0.3) is 5.91 Å². The fraction of sp³-hybridized carbons (Fsp3) is 0.360. The Morgan fingerprint density at radius 3 is 2.74 bits per heavy atom. The van der Waals surface area contributed by atoms with E-state index in [4.69, 9.17) is 10.5 Å². The zero-order valence-corrected chi connectivity index (χ0v) is 19.2. The van der Waals surface area contributed by atoms with Gasteiger partial charge in [0.05, 0.1) is 29.0 Å². The van der Waals surface area contributed by atoms with Crippen LogP contribution in [0.25, 0.3) is 11.0 Å². The lowest BCUT2D eigenvalue weighted by Gasteiger charge is -2.31. The first kappa shape index (κ1) is 23.4. The van der Waals surface area contributed by atoms with Gasteiger partial charge >= 0.3 is 0 Å². The SMILES string of the molecule is COCC(=O)Nc1cc(C(=O)N2CCC[C@H](C(N)=O)C2)cc2ncn(CCc3ccccc3)c12. The molecule has 1 aliphatic heterocycles. The van der Waals surface area contributed by atoms with Crippen molar-refractivity contribution in [3.63, 3.8) is 0 Å². The molecule has 0 aliphatic carbocycles. The second kappa shape index (κ2) is 10.5. The number of anilines is 1. The van der Waals surface area contributed by atoms with Gasteiger partial charge in [0.1, 0.15) is 6.61 Å². The zero-order chi connectivity index (χ0) is 24.1. The van der Waals surface area contributed by atoms with Gasteiger partial charge in [-0.2, -0.15) is 0 Å². The van der Waals surface area contributed by atoms with Crippen molar-refractivity contribution in [1.29, 1.82) is 0 Å². The van der Waals surface area contributed by atoms with Crippen LogP contribution in [0.3, 0.4) is 0 Å². The molecule has 0 spiro atoms. The number of rotatable bonds is 8. The molecule has 0 saturated carbocycles. The first-order valence-corrected chi connectivity index (χ1v) is 11.4. The van der Waals surface area contributed by atoms with E-state index < -0.39 is 5.91 Å². The van der Waals surface area contributed by atoms with Crippen LogP contribution in [0.5, 0.6) is 0 Å². The number of imidazole rings is 1. The predicted molar refractivity (Wildman–Crippen MR) is 128 cm³/mol. The molecular formula is C25H29N5O4. The zero-order valence-electron chi connectivity index (χ0n) is 19.2. The molecule has 3 aromatic rings. The van der Waals surface area contributed by atoms with E-state index in [0.717, 1.165) is 11.9 Å². The third-order valence-electron chi connectivity index (χ3n) is 6.10. The maximum atomic E-state index is 13.3. The van der Waals surface area contributed by atoms with Gasteiger partial charge < -0.3 is 25.3 Å². The summed E-state index contributed by atoms with van der Waals surface area (Å²) < 4.78 is 6.93. The van der Waals surface area contributed by atoms with Crippen LogP contribution in [-0.4, -0.2) is 59.0 Å². The molecular weight excluding hydrogens is 434 g/mol. The quantitative estimate of drug-likeness (QED) is 0.531. The van der Waals surface area contributed by atoms with E-state index in [2.05, 4.69) is 22.4 Å². The van der Waals surface area contributed by atoms with Gasteiger partial charge in [-0.05, 0) is 37.0 Å². The standard InChI is InChI=1S/C25H29N5O4/c1-34-15-22(31)28-21-13-19(25(33)29-10-5-8-18(14-29)24(26)32)12-20-23(21)30(16-27-20)11-9-17-6-3-2-4-7-17/h2-4,6-7,12-13,16,18H,5,8-11,14-15H2,1H3,(H2,26,32)(H,28,31)/t18-/m0/s1. The summed E-state index contributed by atoms with van der Waals surface area (Å²) in [4.78, 5) is 43.5. The number of benzene rings is 2. The molecule has 3 N–H and O–H groups in total.